The molecule has 0 bridgehead atoms. The molecule has 2 heterocycles. The first kappa shape index (κ1) is 19.4. The molecule has 1 aromatic heterocycles. The Morgan fingerprint density at radius 1 is 1.10 bits per heavy atom. The highest BCUT2D eigenvalue weighted by molar-refractivity contribution is 5.55. The first-order valence-corrected chi connectivity index (χ1v) is 9.40. The Labute approximate surface area is 166 Å². The van der Waals surface area contributed by atoms with E-state index >= 15 is 0 Å². The Bertz CT molecular complexity index is 944. The van der Waals surface area contributed by atoms with Crippen LogP contribution in [0.5, 0.6) is 5.75 Å². The maximum absolute atomic E-state index is 12.9. The van der Waals surface area contributed by atoms with Crippen LogP contribution in [0.3, 0.4) is 0 Å². The molecule has 0 amide bonds. The minimum absolute atomic E-state index is 0.0683. The molecular weight excluding hydrogens is 383 g/mol. The van der Waals surface area contributed by atoms with E-state index in [-0.39, 0.29) is 11.7 Å². The second-order valence-corrected chi connectivity index (χ2v) is 6.98. The van der Waals surface area contributed by atoms with Gasteiger partial charge in [-0.25, -0.2) is 0 Å². The van der Waals surface area contributed by atoms with E-state index in [0.29, 0.717) is 18.1 Å². The number of para-hydroxylation sites is 1. The molecule has 0 spiro atoms. The second-order valence-electron chi connectivity index (χ2n) is 6.98. The topological polar surface area (TPSA) is 51.4 Å². The van der Waals surface area contributed by atoms with Crippen LogP contribution >= 0.6 is 0 Å². The van der Waals surface area contributed by atoms with Crippen LogP contribution in [0.15, 0.2) is 59.1 Å². The number of rotatable bonds is 6. The van der Waals surface area contributed by atoms with Crippen molar-refractivity contribution >= 4 is 0 Å². The van der Waals surface area contributed by atoms with E-state index in [1.807, 2.05) is 30.3 Å². The molecule has 29 heavy (non-hydrogen) atoms. The van der Waals surface area contributed by atoms with Gasteiger partial charge in [0.05, 0.1) is 11.5 Å². The third-order valence-electron chi connectivity index (χ3n) is 4.93. The maximum Gasteiger partial charge on any atom is 0.416 e. The van der Waals surface area contributed by atoms with E-state index in [1.54, 1.807) is 6.07 Å². The maximum atomic E-state index is 12.9. The van der Waals surface area contributed by atoms with E-state index in [0.717, 1.165) is 43.9 Å². The molecule has 1 fully saturated rings. The largest absolute Gasteiger partial charge is 0.492 e. The van der Waals surface area contributed by atoms with Crippen LogP contribution in [0.4, 0.5) is 13.2 Å². The second kappa shape index (κ2) is 8.24. The predicted octanol–water partition coefficient (Wildman–Crippen LogP) is 4.62. The van der Waals surface area contributed by atoms with Gasteiger partial charge in [0.15, 0.2) is 0 Å². The van der Waals surface area contributed by atoms with Crippen LogP contribution in [-0.4, -0.2) is 41.3 Å². The molecule has 2 aromatic carbocycles. The van der Waals surface area contributed by atoms with Crippen molar-refractivity contribution in [2.45, 2.75) is 18.5 Å². The van der Waals surface area contributed by atoms with Crippen LogP contribution in [0.25, 0.3) is 11.4 Å². The molecule has 1 aliphatic heterocycles. The smallest absolute Gasteiger partial charge is 0.416 e. The Hall–Kier alpha value is -2.87. The molecule has 0 saturated carbocycles. The SMILES string of the molecule is FC(F)(F)c1cccc(-c2noc(C3CCN(CCOc4ccccc4)C3)n2)c1. The van der Waals surface area contributed by atoms with E-state index in [2.05, 4.69) is 15.0 Å². The molecule has 1 aliphatic rings. The Morgan fingerprint density at radius 2 is 1.93 bits per heavy atom. The van der Waals surface area contributed by atoms with Gasteiger partial charge in [0.1, 0.15) is 12.4 Å². The van der Waals surface area contributed by atoms with Crippen molar-refractivity contribution in [2.75, 3.05) is 26.2 Å². The number of alkyl halides is 3. The first-order valence-electron chi connectivity index (χ1n) is 9.40. The molecule has 0 N–H and O–H groups in total. The zero-order chi connectivity index (χ0) is 20.3. The number of benzene rings is 2. The molecule has 4 rings (SSSR count). The molecule has 0 radical (unpaired) electrons. The molecule has 1 saturated heterocycles. The van der Waals surface area contributed by atoms with Crippen molar-refractivity contribution in [2.24, 2.45) is 0 Å². The zero-order valence-electron chi connectivity index (χ0n) is 15.6. The number of halogens is 3. The minimum Gasteiger partial charge on any atom is -0.492 e. The van der Waals surface area contributed by atoms with Crippen LogP contribution in [0.2, 0.25) is 0 Å². The summed E-state index contributed by atoms with van der Waals surface area (Å²) >= 11 is 0. The van der Waals surface area contributed by atoms with E-state index in [9.17, 15) is 13.2 Å². The highest BCUT2D eigenvalue weighted by Crippen LogP contribution is 2.32. The van der Waals surface area contributed by atoms with E-state index in [4.69, 9.17) is 9.26 Å². The Balaban J connectivity index is 1.34. The highest BCUT2D eigenvalue weighted by atomic mass is 19.4. The average molecular weight is 403 g/mol. The minimum atomic E-state index is -4.41. The van der Waals surface area contributed by atoms with Gasteiger partial charge in [0, 0.05) is 18.7 Å². The summed E-state index contributed by atoms with van der Waals surface area (Å²) in [4.78, 5) is 6.60. The van der Waals surface area contributed by atoms with Crippen LogP contribution in [0, 0.1) is 0 Å². The van der Waals surface area contributed by atoms with Gasteiger partial charge in [-0.05, 0) is 37.2 Å². The Kier molecular flexibility index (Phi) is 5.53. The molecule has 5 nitrogen and oxygen atoms in total. The first-order chi connectivity index (χ1) is 14.0. The summed E-state index contributed by atoms with van der Waals surface area (Å²) < 4.78 is 49.8. The van der Waals surface area contributed by atoms with Crippen molar-refractivity contribution in [3.63, 3.8) is 0 Å². The number of hydrogen-bond acceptors (Lipinski definition) is 5. The summed E-state index contributed by atoms with van der Waals surface area (Å²) in [5.41, 5.74) is -0.437. The number of aromatic nitrogens is 2. The molecule has 152 valence electrons. The lowest BCUT2D eigenvalue weighted by Gasteiger charge is -2.15. The normalized spacial score (nSPS) is 17.6. The Morgan fingerprint density at radius 3 is 2.72 bits per heavy atom. The summed E-state index contributed by atoms with van der Waals surface area (Å²) in [7, 11) is 0. The number of likely N-dealkylation sites (tertiary alicyclic amines) is 1. The van der Waals surface area contributed by atoms with Crippen molar-refractivity contribution in [1.82, 2.24) is 15.0 Å². The third kappa shape index (κ3) is 4.76. The fraction of sp³-hybridized carbons (Fsp3) is 0.333. The number of nitrogens with zero attached hydrogens (tertiary/aromatic N) is 3. The average Bonchev–Trinajstić information content (AvgIpc) is 3.38. The quantitative estimate of drug-likeness (QED) is 0.601. The van der Waals surface area contributed by atoms with Crippen molar-refractivity contribution in [3.8, 4) is 17.1 Å². The standard InChI is InChI=1S/C21H20F3N3O2/c22-21(23,24)17-6-4-5-15(13-17)19-25-20(29-26-19)16-9-10-27(14-16)11-12-28-18-7-2-1-3-8-18/h1-8,13,16H,9-12,14H2. The lowest BCUT2D eigenvalue weighted by molar-refractivity contribution is -0.137. The van der Waals surface area contributed by atoms with Gasteiger partial charge in [-0.3, -0.25) is 4.90 Å². The molecular formula is C21H20F3N3O2. The lowest BCUT2D eigenvalue weighted by Crippen LogP contribution is -2.26. The van der Waals surface area contributed by atoms with Crippen molar-refractivity contribution in [1.29, 1.82) is 0 Å². The summed E-state index contributed by atoms with van der Waals surface area (Å²) in [5, 5.41) is 3.88. The van der Waals surface area contributed by atoms with E-state index in [1.165, 1.54) is 6.07 Å². The summed E-state index contributed by atoms with van der Waals surface area (Å²) in [6.07, 6.45) is -3.55. The molecule has 1 unspecified atom stereocenters. The van der Waals surface area contributed by atoms with Gasteiger partial charge in [-0.1, -0.05) is 35.5 Å². The number of ether oxygens (including phenoxy) is 1. The monoisotopic (exact) mass is 403 g/mol. The summed E-state index contributed by atoms with van der Waals surface area (Å²) in [6, 6.07) is 14.6. The van der Waals surface area contributed by atoms with Crippen molar-refractivity contribution < 1.29 is 22.4 Å². The molecule has 1 atom stereocenters. The molecule has 3 aromatic rings. The zero-order valence-corrected chi connectivity index (χ0v) is 15.6. The molecule has 0 aliphatic carbocycles. The van der Waals surface area contributed by atoms with Crippen LogP contribution in [-0.2, 0) is 6.18 Å². The highest BCUT2D eigenvalue weighted by Gasteiger charge is 2.31. The van der Waals surface area contributed by atoms with Gasteiger partial charge in [0.25, 0.3) is 0 Å². The van der Waals surface area contributed by atoms with Crippen LogP contribution < -0.4 is 4.74 Å². The summed E-state index contributed by atoms with van der Waals surface area (Å²) in [5.74, 6) is 1.55. The fourth-order valence-electron chi connectivity index (χ4n) is 3.40. The third-order valence-corrected chi connectivity index (χ3v) is 4.93. The lowest BCUT2D eigenvalue weighted by atomic mass is 10.1. The van der Waals surface area contributed by atoms with Gasteiger partial charge in [-0.2, -0.15) is 18.2 Å². The van der Waals surface area contributed by atoms with E-state index < -0.39 is 11.7 Å². The van der Waals surface area contributed by atoms with Gasteiger partial charge < -0.3 is 9.26 Å². The molecule has 8 heteroatoms. The fourth-order valence-corrected chi connectivity index (χ4v) is 3.40. The summed E-state index contributed by atoms with van der Waals surface area (Å²) in [6.45, 7) is 2.99. The number of hydrogen-bond donors (Lipinski definition) is 0. The van der Waals surface area contributed by atoms with Crippen molar-refractivity contribution in [3.05, 3.63) is 66.1 Å². The van der Waals surface area contributed by atoms with Gasteiger partial charge in [0.2, 0.25) is 11.7 Å². The van der Waals surface area contributed by atoms with Gasteiger partial charge in [-0.15, -0.1) is 0 Å². The van der Waals surface area contributed by atoms with Crippen LogP contribution in [0.1, 0.15) is 23.8 Å². The van der Waals surface area contributed by atoms with Gasteiger partial charge >= 0.3 is 6.18 Å². The predicted molar refractivity (Wildman–Crippen MR) is 100 cm³/mol.